The number of carbonyl (C=O) groups is 2. The van der Waals surface area contributed by atoms with Gasteiger partial charge in [-0.05, 0) is 17.7 Å². The highest BCUT2D eigenvalue weighted by Gasteiger charge is 2.53. The quantitative estimate of drug-likeness (QED) is 0.832. The van der Waals surface area contributed by atoms with Gasteiger partial charge in [-0.1, -0.05) is 30.9 Å². The zero-order valence-electron chi connectivity index (χ0n) is 11.2. The van der Waals surface area contributed by atoms with Crippen molar-refractivity contribution >= 4 is 29.3 Å². The van der Waals surface area contributed by atoms with Crippen molar-refractivity contribution < 1.29 is 14.7 Å². The molecule has 1 amide bonds. The first-order valence-electron chi connectivity index (χ1n) is 6.48. The van der Waals surface area contributed by atoms with Gasteiger partial charge in [-0.15, -0.1) is 11.8 Å². The van der Waals surface area contributed by atoms with Crippen LogP contribution in [0.15, 0.2) is 54.3 Å². The molecule has 21 heavy (non-hydrogen) atoms. The fourth-order valence-electron chi connectivity index (χ4n) is 2.51. The lowest BCUT2D eigenvalue weighted by atomic mass is 10.0. The number of thioether (sulfide) groups is 1. The van der Waals surface area contributed by atoms with Gasteiger partial charge in [-0.3, -0.25) is 9.69 Å². The predicted octanol–water partition coefficient (Wildman–Crippen LogP) is 1.91. The maximum absolute atomic E-state index is 12.3. The van der Waals surface area contributed by atoms with E-state index in [1.165, 1.54) is 11.0 Å². The van der Waals surface area contributed by atoms with Crippen LogP contribution in [-0.4, -0.2) is 39.1 Å². The van der Waals surface area contributed by atoms with Crippen LogP contribution >= 0.6 is 11.8 Å². The molecule has 2 heterocycles. The molecule has 2 N–H and O–H groups in total. The van der Waals surface area contributed by atoms with Crippen LogP contribution in [0.25, 0.3) is 0 Å². The molecule has 1 saturated heterocycles. The van der Waals surface area contributed by atoms with Gasteiger partial charge in [-0.2, -0.15) is 0 Å². The number of aliphatic carboxylic acids is 1. The van der Waals surface area contributed by atoms with Gasteiger partial charge in [0.05, 0.1) is 0 Å². The number of amides is 1. The molecule has 2 aliphatic rings. The summed E-state index contributed by atoms with van der Waals surface area (Å²) in [7, 11) is 0. The number of para-hydroxylation sites is 1. The van der Waals surface area contributed by atoms with E-state index in [0.717, 1.165) is 5.69 Å². The van der Waals surface area contributed by atoms with Crippen molar-refractivity contribution in [2.24, 2.45) is 0 Å². The Bertz CT molecular complexity index is 642. The van der Waals surface area contributed by atoms with Crippen LogP contribution in [0.4, 0.5) is 5.69 Å². The van der Waals surface area contributed by atoms with E-state index in [9.17, 15) is 14.7 Å². The first kappa shape index (κ1) is 13.8. The molecule has 1 aromatic rings. The van der Waals surface area contributed by atoms with Crippen molar-refractivity contribution in [1.29, 1.82) is 0 Å². The fourth-order valence-corrected chi connectivity index (χ4v) is 3.85. The molecule has 3 rings (SSSR count). The maximum atomic E-state index is 12.3. The molecule has 0 radical (unpaired) electrons. The third kappa shape index (κ3) is 2.21. The summed E-state index contributed by atoms with van der Waals surface area (Å²) in [6, 6.07) is 9.04. The molecule has 1 fully saturated rings. The summed E-state index contributed by atoms with van der Waals surface area (Å²) in [5.74, 6) is -0.749. The number of β-lactam (4-membered cyclic amide) rings is 1. The molecule has 0 aliphatic carbocycles. The number of nitrogens with zero attached hydrogens (tertiary/aromatic N) is 1. The van der Waals surface area contributed by atoms with E-state index >= 15 is 0 Å². The van der Waals surface area contributed by atoms with Crippen molar-refractivity contribution in [1.82, 2.24) is 4.90 Å². The van der Waals surface area contributed by atoms with Crippen LogP contribution in [0.5, 0.6) is 0 Å². The summed E-state index contributed by atoms with van der Waals surface area (Å²) >= 11 is 1.55. The Balaban J connectivity index is 1.84. The van der Waals surface area contributed by atoms with Crippen molar-refractivity contribution in [3.05, 3.63) is 54.3 Å². The van der Waals surface area contributed by atoms with E-state index in [1.807, 2.05) is 30.3 Å². The molecule has 108 valence electrons. The molecular formula is C15H14N2O3S. The Labute approximate surface area is 126 Å². The number of carboxylic acids is 1. The zero-order chi connectivity index (χ0) is 15.0. The van der Waals surface area contributed by atoms with Crippen molar-refractivity contribution in [3.63, 3.8) is 0 Å². The smallest absolute Gasteiger partial charge is 0.352 e. The molecule has 1 aromatic carbocycles. The van der Waals surface area contributed by atoms with E-state index in [4.69, 9.17) is 0 Å². The molecule has 6 heteroatoms. The minimum absolute atomic E-state index is 0.0601. The number of nitrogens with one attached hydrogen (secondary N) is 1. The average Bonchev–Trinajstić information content (AvgIpc) is 2.51. The van der Waals surface area contributed by atoms with Gasteiger partial charge in [0.2, 0.25) is 0 Å². The van der Waals surface area contributed by atoms with Gasteiger partial charge in [0.1, 0.15) is 17.1 Å². The Kier molecular flexibility index (Phi) is 3.47. The number of fused-ring (bicyclic) bond motifs is 1. The lowest BCUT2D eigenvalue weighted by molar-refractivity contribution is -0.147. The SMILES string of the molecule is C=CC1=C(C(=O)O)N2C(=O)C(Nc3ccccc3)[C@@H]2SC1. The predicted molar refractivity (Wildman–Crippen MR) is 81.8 cm³/mol. The van der Waals surface area contributed by atoms with E-state index in [-0.39, 0.29) is 17.0 Å². The number of anilines is 1. The number of benzene rings is 1. The molecule has 0 saturated carbocycles. The highest BCUT2D eigenvalue weighted by atomic mass is 32.2. The maximum Gasteiger partial charge on any atom is 0.352 e. The normalized spacial score (nSPS) is 24.2. The Morgan fingerprint density at radius 1 is 1.43 bits per heavy atom. The second kappa shape index (κ2) is 5.29. The van der Waals surface area contributed by atoms with Crippen molar-refractivity contribution in [3.8, 4) is 0 Å². The summed E-state index contributed by atoms with van der Waals surface area (Å²) in [4.78, 5) is 25.0. The number of allylic oxidation sites excluding steroid dienone is 1. The fraction of sp³-hybridized carbons (Fsp3) is 0.200. The molecule has 0 aromatic heterocycles. The highest BCUT2D eigenvalue weighted by molar-refractivity contribution is 8.00. The first-order chi connectivity index (χ1) is 10.1. The van der Waals surface area contributed by atoms with Gasteiger partial charge in [0, 0.05) is 11.4 Å². The summed E-state index contributed by atoms with van der Waals surface area (Å²) < 4.78 is 0. The average molecular weight is 302 g/mol. The number of carboxylic acid groups (broad SMARTS) is 1. The molecule has 0 bridgehead atoms. The molecule has 2 aliphatic heterocycles. The van der Waals surface area contributed by atoms with Crippen LogP contribution in [0.1, 0.15) is 0 Å². The number of hydrogen-bond acceptors (Lipinski definition) is 4. The molecule has 2 atom stereocenters. The topological polar surface area (TPSA) is 69.6 Å². The lowest BCUT2D eigenvalue weighted by Crippen LogP contribution is -2.67. The van der Waals surface area contributed by atoms with Crippen molar-refractivity contribution in [2.45, 2.75) is 11.4 Å². The second-order valence-electron chi connectivity index (χ2n) is 4.78. The van der Waals surface area contributed by atoms with E-state index in [2.05, 4.69) is 11.9 Å². The van der Waals surface area contributed by atoms with Gasteiger partial charge < -0.3 is 10.4 Å². The largest absolute Gasteiger partial charge is 0.477 e. The number of carbonyl (C=O) groups excluding carboxylic acids is 1. The summed E-state index contributed by atoms with van der Waals surface area (Å²) in [6.07, 6.45) is 1.51. The second-order valence-corrected chi connectivity index (χ2v) is 5.89. The van der Waals surface area contributed by atoms with E-state index in [0.29, 0.717) is 11.3 Å². The van der Waals surface area contributed by atoms with E-state index < -0.39 is 12.0 Å². The molecule has 5 nitrogen and oxygen atoms in total. The third-order valence-electron chi connectivity index (χ3n) is 3.54. The Hall–Kier alpha value is -2.21. The monoisotopic (exact) mass is 302 g/mol. The summed E-state index contributed by atoms with van der Waals surface area (Å²) in [5, 5.41) is 12.3. The van der Waals surface area contributed by atoms with Crippen LogP contribution in [0.3, 0.4) is 0 Å². The first-order valence-corrected chi connectivity index (χ1v) is 7.53. The van der Waals surface area contributed by atoms with Crippen molar-refractivity contribution in [2.75, 3.05) is 11.1 Å². The van der Waals surface area contributed by atoms with Gasteiger partial charge in [0.25, 0.3) is 5.91 Å². The Morgan fingerprint density at radius 3 is 2.76 bits per heavy atom. The summed E-state index contributed by atoms with van der Waals surface area (Å²) in [5.41, 5.74) is 1.51. The molecule has 1 unspecified atom stereocenters. The standard InChI is InChI=1S/C15H14N2O3S/c1-2-9-8-21-14-11(16-10-6-4-3-5-7-10)13(18)17(14)12(9)15(19)20/h2-7,11,14,16H,1,8H2,(H,19,20)/t11?,14-/m0/s1. The molecular weight excluding hydrogens is 288 g/mol. The minimum Gasteiger partial charge on any atom is -0.477 e. The highest BCUT2D eigenvalue weighted by Crippen LogP contribution is 2.41. The minimum atomic E-state index is -1.08. The lowest BCUT2D eigenvalue weighted by Gasteiger charge is -2.49. The van der Waals surface area contributed by atoms with Crippen LogP contribution < -0.4 is 5.32 Å². The van der Waals surface area contributed by atoms with Crippen LogP contribution in [0.2, 0.25) is 0 Å². The Morgan fingerprint density at radius 2 is 2.14 bits per heavy atom. The van der Waals surface area contributed by atoms with Crippen LogP contribution in [0, 0.1) is 0 Å². The zero-order valence-corrected chi connectivity index (χ0v) is 12.0. The number of rotatable bonds is 4. The van der Waals surface area contributed by atoms with Crippen LogP contribution in [-0.2, 0) is 9.59 Å². The molecule has 0 spiro atoms. The summed E-state index contributed by atoms with van der Waals surface area (Å²) in [6.45, 7) is 3.62. The van der Waals surface area contributed by atoms with Gasteiger partial charge in [0.15, 0.2) is 0 Å². The third-order valence-corrected chi connectivity index (χ3v) is 4.84. The van der Waals surface area contributed by atoms with Gasteiger partial charge >= 0.3 is 5.97 Å². The van der Waals surface area contributed by atoms with E-state index in [1.54, 1.807) is 11.8 Å². The number of hydrogen-bond donors (Lipinski definition) is 2. The van der Waals surface area contributed by atoms with Gasteiger partial charge in [-0.25, -0.2) is 4.79 Å².